The minimum atomic E-state index is -0.266. The SMILES string of the molecule is CCC(N)(CC)c1nc(-c2ccccc2)cs1. The van der Waals surface area contributed by atoms with Gasteiger partial charge in [0.15, 0.2) is 0 Å². The van der Waals surface area contributed by atoms with Crippen molar-refractivity contribution in [2.45, 2.75) is 32.2 Å². The Morgan fingerprint density at radius 3 is 2.41 bits per heavy atom. The van der Waals surface area contributed by atoms with E-state index in [2.05, 4.69) is 36.3 Å². The maximum Gasteiger partial charge on any atom is 0.113 e. The van der Waals surface area contributed by atoms with Gasteiger partial charge in [-0.25, -0.2) is 4.98 Å². The molecular weight excluding hydrogens is 228 g/mol. The Morgan fingerprint density at radius 1 is 1.18 bits per heavy atom. The summed E-state index contributed by atoms with van der Waals surface area (Å²) in [4.78, 5) is 4.69. The monoisotopic (exact) mass is 246 g/mol. The normalized spacial score (nSPS) is 11.7. The Bertz CT molecular complexity index is 472. The van der Waals surface area contributed by atoms with Gasteiger partial charge < -0.3 is 5.73 Å². The number of rotatable bonds is 4. The van der Waals surface area contributed by atoms with Crippen molar-refractivity contribution in [1.29, 1.82) is 0 Å². The van der Waals surface area contributed by atoms with Gasteiger partial charge in [0.05, 0.1) is 11.2 Å². The van der Waals surface area contributed by atoms with Gasteiger partial charge in [-0.05, 0) is 12.8 Å². The highest BCUT2D eigenvalue weighted by atomic mass is 32.1. The van der Waals surface area contributed by atoms with Gasteiger partial charge in [-0.15, -0.1) is 11.3 Å². The van der Waals surface area contributed by atoms with E-state index in [-0.39, 0.29) is 5.54 Å². The zero-order valence-electron chi connectivity index (χ0n) is 10.3. The number of nitrogens with zero attached hydrogens (tertiary/aromatic N) is 1. The van der Waals surface area contributed by atoms with E-state index in [9.17, 15) is 0 Å². The van der Waals surface area contributed by atoms with Gasteiger partial charge in [0.25, 0.3) is 0 Å². The largest absolute Gasteiger partial charge is 0.319 e. The van der Waals surface area contributed by atoms with Crippen molar-refractivity contribution >= 4 is 11.3 Å². The molecule has 0 fully saturated rings. The van der Waals surface area contributed by atoms with Crippen molar-refractivity contribution in [3.05, 3.63) is 40.7 Å². The summed E-state index contributed by atoms with van der Waals surface area (Å²) in [5.41, 5.74) is 8.28. The van der Waals surface area contributed by atoms with Gasteiger partial charge in [-0.3, -0.25) is 0 Å². The van der Waals surface area contributed by atoms with Crippen LogP contribution in [0.4, 0.5) is 0 Å². The standard InChI is InChI=1S/C14H18N2S/c1-3-14(15,4-2)13-16-12(10-17-13)11-8-6-5-7-9-11/h5-10H,3-4,15H2,1-2H3. The van der Waals surface area contributed by atoms with E-state index in [1.807, 2.05) is 18.2 Å². The Kier molecular flexibility index (Phi) is 3.60. The molecule has 0 saturated heterocycles. The minimum Gasteiger partial charge on any atom is -0.319 e. The van der Waals surface area contributed by atoms with Gasteiger partial charge in [0.1, 0.15) is 5.01 Å². The second-order valence-electron chi connectivity index (χ2n) is 4.27. The molecule has 0 spiro atoms. The summed E-state index contributed by atoms with van der Waals surface area (Å²) in [7, 11) is 0. The molecule has 90 valence electrons. The molecule has 1 aromatic heterocycles. The molecule has 0 amide bonds. The number of benzene rings is 1. The number of hydrogen-bond acceptors (Lipinski definition) is 3. The quantitative estimate of drug-likeness (QED) is 0.891. The van der Waals surface area contributed by atoms with Gasteiger partial charge in [0.2, 0.25) is 0 Å². The molecule has 0 aliphatic rings. The molecule has 2 N–H and O–H groups in total. The Hall–Kier alpha value is -1.19. The van der Waals surface area contributed by atoms with Crippen LogP contribution >= 0.6 is 11.3 Å². The van der Waals surface area contributed by atoms with Crippen LogP contribution < -0.4 is 5.73 Å². The number of thiazole rings is 1. The number of hydrogen-bond donors (Lipinski definition) is 1. The first-order valence-electron chi connectivity index (χ1n) is 6.00. The van der Waals surface area contributed by atoms with E-state index in [0.717, 1.165) is 29.1 Å². The lowest BCUT2D eigenvalue weighted by molar-refractivity contribution is 0.411. The molecule has 0 aliphatic heterocycles. The Morgan fingerprint density at radius 2 is 1.82 bits per heavy atom. The van der Waals surface area contributed by atoms with Crippen molar-refractivity contribution in [3.63, 3.8) is 0 Å². The van der Waals surface area contributed by atoms with Crippen molar-refractivity contribution < 1.29 is 0 Å². The average Bonchev–Trinajstić information content (AvgIpc) is 2.89. The Balaban J connectivity index is 2.34. The van der Waals surface area contributed by atoms with E-state index in [0.29, 0.717) is 0 Å². The predicted molar refractivity (Wildman–Crippen MR) is 74.0 cm³/mol. The molecule has 0 unspecified atom stereocenters. The van der Waals surface area contributed by atoms with Gasteiger partial charge in [-0.2, -0.15) is 0 Å². The van der Waals surface area contributed by atoms with Crippen LogP contribution in [0.25, 0.3) is 11.3 Å². The lowest BCUT2D eigenvalue weighted by atomic mass is 9.95. The molecule has 1 heterocycles. The van der Waals surface area contributed by atoms with Crippen LogP contribution in [0.1, 0.15) is 31.7 Å². The molecule has 3 heteroatoms. The second-order valence-corrected chi connectivity index (χ2v) is 5.13. The third-order valence-corrected chi connectivity index (χ3v) is 4.32. The summed E-state index contributed by atoms with van der Waals surface area (Å²) in [5, 5.41) is 3.14. The Labute approximate surface area is 107 Å². The fourth-order valence-electron chi connectivity index (χ4n) is 1.80. The van der Waals surface area contributed by atoms with Crippen LogP contribution in [0.5, 0.6) is 0 Å². The molecule has 0 atom stereocenters. The maximum absolute atomic E-state index is 6.36. The fraction of sp³-hybridized carbons (Fsp3) is 0.357. The van der Waals surface area contributed by atoms with Crippen LogP contribution in [0.3, 0.4) is 0 Å². The molecule has 0 radical (unpaired) electrons. The summed E-state index contributed by atoms with van der Waals surface area (Å²) < 4.78 is 0. The third-order valence-electron chi connectivity index (χ3n) is 3.26. The summed E-state index contributed by atoms with van der Waals surface area (Å²) in [5.74, 6) is 0. The summed E-state index contributed by atoms with van der Waals surface area (Å²) in [6, 6.07) is 10.2. The van der Waals surface area contributed by atoms with Crippen molar-refractivity contribution in [3.8, 4) is 11.3 Å². The van der Waals surface area contributed by atoms with E-state index < -0.39 is 0 Å². The predicted octanol–water partition coefficient (Wildman–Crippen LogP) is 3.78. The second kappa shape index (κ2) is 4.98. The molecule has 2 rings (SSSR count). The smallest absolute Gasteiger partial charge is 0.113 e. The highest BCUT2D eigenvalue weighted by Gasteiger charge is 2.26. The zero-order chi connectivity index (χ0) is 12.3. The molecule has 2 nitrogen and oxygen atoms in total. The van der Waals surface area contributed by atoms with Gasteiger partial charge in [-0.1, -0.05) is 44.2 Å². The maximum atomic E-state index is 6.36. The summed E-state index contributed by atoms with van der Waals surface area (Å²) in [6.45, 7) is 4.24. The number of aromatic nitrogens is 1. The molecule has 0 bridgehead atoms. The van der Waals surface area contributed by atoms with Crippen molar-refractivity contribution in [1.82, 2.24) is 4.98 Å². The van der Waals surface area contributed by atoms with Gasteiger partial charge >= 0.3 is 0 Å². The lowest BCUT2D eigenvalue weighted by Gasteiger charge is -2.23. The number of nitrogens with two attached hydrogens (primary N) is 1. The van der Waals surface area contributed by atoms with Crippen molar-refractivity contribution in [2.75, 3.05) is 0 Å². The highest BCUT2D eigenvalue weighted by Crippen LogP contribution is 2.31. The molecule has 0 aliphatic carbocycles. The minimum absolute atomic E-state index is 0.266. The van der Waals surface area contributed by atoms with Crippen LogP contribution in [0.2, 0.25) is 0 Å². The van der Waals surface area contributed by atoms with Crippen LogP contribution in [0, 0.1) is 0 Å². The molecule has 1 aromatic carbocycles. The van der Waals surface area contributed by atoms with Crippen LogP contribution in [0.15, 0.2) is 35.7 Å². The fourth-order valence-corrected chi connectivity index (χ4v) is 2.88. The van der Waals surface area contributed by atoms with Crippen molar-refractivity contribution in [2.24, 2.45) is 5.73 Å². The highest BCUT2D eigenvalue weighted by molar-refractivity contribution is 7.10. The first-order chi connectivity index (χ1) is 8.19. The molecule has 2 aromatic rings. The van der Waals surface area contributed by atoms with E-state index in [1.54, 1.807) is 11.3 Å². The van der Waals surface area contributed by atoms with E-state index in [4.69, 9.17) is 5.73 Å². The van der Waals surface area contributed by atoms with Crippen LogP contribution in [-0.4, -0.2) is 4.98 Å². The molecule has 17 heavy (non-hydrogen) atoms. The average molecular weight is 246 g/mol. The topological polar surface area (TPSA) is 38.9 Å². The molecule has 0 saturated carbocycles. The first-order valence-corrected chi connectivity index (χ1v) is 6.88. The van der Waals surface area contributed by atoms with Crippen LogP contribution in [-0.2, 0) is 5.54 Å². The van der Waals surface area contributed by atoms with Gasteiger partial charge in [0, 0.05) is 10.9 Å². The first kappa shape index (κ1) is 12.3. The summed E-state index contributed by atoms with van der Waals surface area (Å²) in [6.07, 6.45) is 1.84. The zero-order valence-corrected chi connectivity index (χ0v) is 11.1. The third kappa shape index (κ3) is 2.40. The van der Waals surface area contributed by atoms with E-state index >= 15 is 0 Å². The summed E-state index contributed by atoms with van der Waals surface area (Å²) >= 11 is 1.66. The van der Waals surface area contributed by atoms with E-state index in [1.165, 1.54) is 0 Å². The molecular formula is C14H18N2S. The lowest BCUT2D eigenvalue weighted by Crippen LogP contribution is -2.34.